The van der Waals surface area contributed by atoms with Crippen molar-refractivity contribution in [2.75, 3.05) is 20.1 Å². The summed E-state index contributed by atoms with van der Waals surface area (Å²) in [5.41, 5.74) is 0. The van der Waals surface area contributed by atoms with Crippen LogP contribution in [-0.2, 0) is 4.79 Å². The van der Waals surface area contributed by atoms with Gasteiger partial charge in [0.2, 0.25) is 0 Å². The zero-order valence-electron chi connectivity index (χ0n) is 9.91. The Bertz CT molecular complexity index is 200. The van der Waals surface area contributed by atoms with E-state index in [1.807, 2.05) is 0 Å². The topological polar surface area (TPSA) is 40.5 Å². The van der Waals surface area contributed by atoms with Crippen molar-refractivity contribution in [3.05, 3.63) is 0 Å². The highest BCUT2D eigenvalue weighted by atomic mass is 16.4. The van der Waals surface area contributed by atoms with Crippen LogP contribution in [0.15, 0.2) is 0 Å². The van der Waals surface area contributed by atoms with E-state index < -0.39 is 5.97 Å². The lowest BCUT2D eigenvalue weighted by atomic mass is 10.1. The Morgan fingerprint density at radius 1 is 1.47 bits per heavy atom. The molecule has 1 N–H and O–H groups in total. The Balaban J connectivity index is 2.12. The molecule has 0 aromatic rings. The Labute approximate surface area is 92.5 Å². The van der Waals surface area contributed by atoms with Crippen molar-refractivity contribution in [3.63, 3.8) is 0 Å². The fourth-order valence-electron chi connectivity index (χ4n) is 2.26. The molecule has 0 aromatic carbocycles. The smallest absolute Gasteiger partial charge is 0.306 e. The second-order valence-electron chi connectivity index (χ2n) is 4.94. The van der Waals surface area contributed by atoms with E-state index in [4.69, 9.17) is 5.11 Å². The summed E-state index contributed by atoms with van der Waals surface area (Å²) in [6.45, 7) is 3.84. The van der Waals surface area contributed by atoms with E-state index in [-0.39, 0.29) is 5.92 Å². The lowest BCUT2D eigenvalue weighted by molar-refractivity contribution is -0.141. The standard InChI is InChI=1S/C12H23NO2/c1-10(12(14)15)7-8-13(2)9-11-5-3-4-6-11/h10-11H,3-9H2,1-2H3,(H,14,15). The van der Waals surface area contributed by atoms with E-state index in [1.165, 1.54) is 25.7 Å². The second kappa shape index (κ2) is 6.11. The highest BCUT2D eigenvalue weighted by molar-refractivity contribution is 5.69. The summed E-state index contributed by atoms with van der Waals surface area (Å²) in [5.74, 6) is -0.0320. The summed E-state index contributed by atoms with van der Waals surface area (Å²) in [5, 5.41) is 8.76. The van der Waals surface area contributed by atoms with Gasteiger partial charge in [-0.3, -0.25) is 4.79 Å². The van der Waals surface area contributed by atoms with Gasteiger partial charge in [-0.1, -0.05) is 19.8 Å². The Morgan fingerprint density at radius 2 is 2.07 bits per heavy atom. The van der Waals surface area contributed by atoms with Gasteiger partial charge in [0.15, 0.2) is 0 Å². The van der Waals surface area contributed by atoms with Gasteiger partial charge in [0.1, 0.15) is 0 Å². The predicted octanol–water partition coefficient (Wildman–Crippen LogP) is 2.22. The van der Waals surface area contributed by atoms with E-state index in [2.05, 4.69) is 11.9 Å². The third-order valence-electron chi connectivity index (χ3n) is 3.41. The van der Waals surface area contributed by atoms with Gasteiger partial charge in [0.05, 0.1) is 5.92 Å². The number of carboxylic acid groups (broad SMARTS) is 1. The van der Waals surface area contributed by atoms with Gasteiger partial charge < -0.3 is 10.0 Å². The lowest BCUT2D eigenvalue weighted by Gasteiger charge is -2.21. The maximum absolute atomic E-state index is 10.6. The second-order valence-corrected chi connectivity index (χ2v) is 4.94. The molecule has 1 atom stereocenters. The van der Waals surface area contributed by atoms with Gasteiger partial charge in [-0.05, 0) is 38.8 Å². The summed E-state index contributed by atoms with van der Waals surface area (Å²) in [7, 11) is 2.10. The highest BCUT2D eigenvalue weighted by Crippen LogP contribution is 2.25. The molecule has 0 heterocycles. The first-order valence-corrected chi connectivity index (χ1v) is 6.01. The molecule has 0 aliphatic heterocycles. The Morgan fingerprint density at radius 3 is 2.60 bits per heavy atom. The Kier molecular flexibility index (Phi) is 5.09. The number of carboxylic acids is 1. The first kappa shape index (κ1) is 12.5. The lowest BCUT2D eigenvalue weighted by Crippen LogP contribution is -2.27. The van der Waals surface area contributed by atoms with Crippen molar-refractivity contribution in [1.29, 1.82) is 0 Å². The fourth-order valence-corrected chi connectivity index (χ4v) is 2.26. The zero-order valence-corrected chi connectivity index (χ0v) is 9.91. The van der Waals surface area contributed by atoms with Crippen molar-refractivity contribution < 1.29 is 9.90 Å². The minimum atomic E-state index is -0.677. The molecule has 1 fully saturated rings. The molecule has 1 rings (SSSR count). The van der Waals surface area contributed by atoms with Crippen LogP contribution in [0.1, 0.15) is 39.0 Å². The van der Waals surface area contributed by atoms with E-state index in [9.17, 15) is 4.79 Å². The highest BCUT2D eigenvalue weighted by Gasteiger charge is 2.17. The number of rotatable bonds is 6. The molecule has 1 saturated carbocycles. The van der Waals surface area contributed by atoms with Crippen LogP contribution in [0.3, 0.4) is 0 Å². The molecule has 0 bridgehead atoms. The minimum Gasteiger partial charge on any atom is -0.481 e. The van der Waals surface area contributed by atoms with Crippen LogP contribution in [0, 0.1) is 11.8 Å². The molecular formula is C12H23NO2. The largest absolute Gasteiger partial charge is 0.481 e. The third kappa shape index (κ3) is 4.65. The maximum Gasteiger partial charge on any atom is 0.306 e. The number of hydrogen-bond donors (Lipinski definition) is 1. The van der Waals surface area contributed by atoms with Crippen LogP contribution in [0.25, 0.3) is 0 Å². The molecule has 3 nitrogen and oxygen atoms in total. The molecule has 15 heavy (non-hydrogen) atoms. The van der Waals surface area contributed by atoms with Gasteiger partial charge in [-0.2, -0.15) is 0 Å². The van der Waals surface area contributed by atoms with Gasteiger partial charge in [-0.25, -0.2) is 0 Å². The van der Waals surface area contributed by atoms with Crippen molar-refractivity contribution in [1.82, 2.24) is 4.90 Å². The molecule has 0 saturated heterocycles. The summed E-state index contributed by atoms with van der Waals surface area (Å²) in [6.07, 6.45) is 6.24. The molecule has 3 heteroatoms. The molecule has 1 unspecified atom stereocenters. The molecule has 1 aliphatic carbocycles. The van der Waals surface area contributed by atoms with Crippen molar-refractivity contribution in [3.8, 4) is 0 Å². The molecule has 88 valence electrons. The first-order valence-electron chi connectivity index (χ1n) is 6.01. The number of carbonyl (C=O) groups is 1. The Hall–Kier alpha value is -0.570. The normalized spacial score (nSPS) is 19.7. The molecule has 0 radical (unpaired) electrons. The number of nitrogens with zero attached hydrogens (tertiary/aromatic N) is 1. The molecule has 0 spiro atoms. The average Bonchev–Trinajstić information content (AvgIpc) is 2.66. The predicted molar refractivity (Wildman–Crippen MR) is 60.9 cm³/mol. The van der Waals surface area contributed by atoms with E-state index in [0.717, 1.165) is 25.4 Å². The van der Waals surface area contributed by atoms with E-state index >= 15 is 0 Å². The maximum atomic E-state index is 10.6. The zero-order chi connectivity index (χ0) is 11.3. The average molecular weight is 213 g/mol. The summed E-state index contributed by atoms with van der Waals surface area (Å²) >= 11 is 0. The fraction of sp³-hybridized carbons (Fsp3) is 0.917. The third-order valence-corrected chi connectivity index (χ3v) is 3.41. The van der Waals surface area contributed by atoms with Crippen molar-refractivity contribution >= 4 is 5.97 Å². The van der Waals surface area contributed by atoms with Crippen LogP contribution in [0.5, 0.6) is 0 Å². The quantitative estimate of drug-likeness (QED) is 0.735. The first-order chi connectivity index (χ1) is 7.09. The monoisotopic (exact) mass is 213 g/mol. The number of aliphatic carboxylic acids is 1. The van der Waals surface area contributed by atoms with Gasteiger partial charge >= 0.3 is 5.97 Å². The SMILES string of the molecule is CC(CCN(C)CC1CCCC1)C(=O)O. The van der Waals surface area contributed by atoms with Crippen molar-refractivity contribution in [2.24, 2.45) is 11.8 Å². The van der Waals surface area contributed by atoms with E-state index in [0.29, 0.717) is 0 Å². The minimum absolute atomic E-state index is 0.212. The molecule has 0 aromatic heterocycles. The van der Waals surface area contributed by atoms with Gasteiger partial charge in [0.25, 0.3) is 0 Å². The molecular weight excluding hydrogens is 190 g/mol. The van der Waals surface area contributed by atoms with Gasteiger partial charge in [0, 0.05) is 6.54 Å². The molecule has 1 aliphatic rings. The van der Waals surface area contributed by atoms with Gasteiger partial charge in [-0.15, -0.1) is 0 Å². The van der Waals surface area contributed by atoms with Crippen LogP contribution in [0.2, 0.25) is 0 Å². The molecule has 0 amide bonds. The van der Waals surface area contributed by atoms with Crippen LogP contribution < -0.4 is 0 Å². The number of hydrogen-bond acceptors (Lipinski definition) is 2. The summed E-state index contributed by atoms with van der Waals surface area (Å²) in [4.78, 5) is 12.9. The van der Waals surface area contributed by atoms with Crippen LogP contribution in [-0.4, -0.2) is 36.1 Å². The van der Waals surface area contributed by atoms with Crippen molar-refractivity contribution in [2.45, 2.75) is 39.0 Å². The van der Waals surface area contributed by atoms with Crippen LogP contribution in [0.4, 0.5) is 0 Å². The summed E-state index contributed by atoms with van der Waals surface area (Å²) < 4.78 is 0. The van der Waals surface area contributed by atoms with Crippen LogP contribution >= 0.6 is 0 Å². The summed E-state index contributed by atoms with van der Waals surface area (Å²) in [6, 6.07) is 0. The van der Waals surface area contributed by atoms with E-state index in [1.54, 1.807) is 6.92 Å².